The molecule has 0 heterocycles. The summed E-state index contributed by atoms with van der Waals surface area (Å²) in [5, 5.41) is 21.2. The van der Waals surface area contributed by atoms with Crippen LogP contribution >= 0.6 is 0 Å². The van der Waals surface area contributed by atoms with E-state index >= 15 is 0 Å². The monoisotopic (exact) mass is 262 g/mol. The van der Waals surface area contributed by atoms with Gasteiger partial charge in [-0.2, -0.15) is 5.26 Å². The predicted octanol–water partition coefficient (Wildman–Crippen LogP) is 2.07. The molecule has 1 atom stereocenters. The number of methoxy groups -OCH3 is 1. The first-order chi connectivity index (χ1) is 9.24. The van der Waals surface area contributed by atoms with E-state index in [1.54, 1.807) is 13.2 Å². The van der Waals surface area contributed by atoms with Gasteiger partial charge in [0.05, 0.1) is 12.7 Å². The van der Waals surface area contributed by atoms with Crippen molar-refractivity contribution in [3.05, 3.63) is 29.3 Å². The number of nitriles is 1. The van der Waals surface area contributed by atoms with Gasteiger partial charge in [-0.05, 0) is 36.6 Å². The first-order valence-corrected chi connectivity index (χ1v) is 6.63. The van der Waals surface area contributed by atoms with E-state index in [0.29, 0.717) is 17.2 Å². The lowest BCUT2D eigenvalue weighted by Gasteiger charge is -2.14. The molecular weight excluding hydrogens is 240 g/mol. The number of benzene rings is 1. The van der Waals surface area contributed by atoms with Crippen LogP contribution in [0.2, 0.25) is 0 Å². The molecule has 0 bridgehead atoms. The van der Waals surface area contributed by atoms with Crippen molar-refractivity contribution >= 4 is 0 Å². The number of nitrogens with one attached hydrogen (secondary N) is 1. The van der Waals surface area contributed by atoms with Gasteiger partial charge in [0.25, 0.3) is 0 Å². The summed E-state index contributed by atoms with van der Waals surface area (Å²) in [6.45, 7) is 4.00. The highest BCUT2D eigenvalue weighted by Crippen LogP contribution is 2.19. The highest BCUT2D eigenvalue weighted by molar-refractivity contribution is 5.45. The first-order valence-electron chi connectivity index (χ1n) is 6.63. The molecule has 0 fully saturated rings. The number of hydrogen-bond acceptors (Lipinski definition) is 4. The smallest absolute Gasteiger partial charge is 0.136 e. The lowest BCUT2D eigenvalue weighted by molar-refractivity contribution is 0.251. The average molecular weight is 262 g/mol. The second-order valence-corrected chi connectivity index (χ2v) is 4.56. The molecule has 4 nitrogen and oxygen atoms in total. The van der Waals surface area contributed by atoms with Gasteiger partial charge in [-0.1, -0.05) is 19.4 Å². The highest BCUT2D eigenvalue weighted by atomic mass is 16.5. The number of hydrogen-bond donors (Lipinski definition) is 2. The Morgan fingerprint density at radius 3 is 2.84 bits per heavy atom. The van der Waals surface area contributed by atoms with Gasteiger partial charge in [0.2, 0.25) is 0 Å². The Bertz CT molecular complexity index is 427. The first kappa shape index (κ1) is 15.5. The molecule has 0 aromatic heterocycles. The van der Waals surface area contributed by atoms with Gasteiger partial charge in [-0.25, -0.2) is 0 Å². The zero-order valence-electron chi connectivity index (χ0n) is 11.6. The van der Waals surface area contributed by atoms with E-state index in [2.05, 4.69) is 18.3 Å². The van der Waals surface area contributed by atoms with Gasteiger partial charge < -0.3 is 15.2 Å². The molecule has 19 heavy (non-hydrogen) atoms. The molecule has 0 radical (unpaired) electrons. The molecule has 0 saturated heterocycles. The van der Waals surface area contributed by atoms with Crippen molar-refractivity contribution in [3.8, 4) is 11.8 Å². The molecule has 1 unspecified atom stereocenters. The van der Waals surface area contributed by atoms with Gasteiger partial charge in [0, 0.05) is 13.2 Å². The van der Waals surface area contributed by atoms with Crippen LogP contribution in [0.5, 0.6) is 5.75 Å². The van der Waals surface area contributed by atoms with Crippen molar-refractivity contribution in [3.63, 3.8) is 0 Å². The summed E-state index contributed by atoms with van der Waals surface area (Å²) in [4.78, 5) is 0. The quantitative estimate of drug-likeness (QED) is 0.752. The summed E-state index contributed by atoms with van der Waals surface area (Å²) < 4.78 is 5.18. The Morgan fingerprint density at radius 2 is 2.26 bits per heavy atom. The van der Waals surface area contributed by atoms with Gasteiger partial charge in [0.15, 0.2) is 0 Å². The molecule has 0 spiro atoms. The summed E-state index contributed by atoms with van der Waals surface area (Å²) in [7, 11) is 1.57. The van der Waals surface area contributed by atoms with Crippen molar-refractivity contribution in [1.29, 1.82) is 5.26 Å². The van der Waals surface area contributed by atoms with E-state index < -0.39 is 0 Å². The van der Waals surface area contributed by atoms with Crippen LogP contribution in [0.3, 0.4) is 0 Å². The standard InChI is InChI=1S/C15H22N2O2/c1-3-12(6-7-18)10-17-11-13-4-5-14(9-16)15(8-13)19-2/h4-5,8,12,17-18H,3,6-7,10-11H2,1-2H3. The maximum Gasteiger partial charge on any atom is 0.136 e. The number of ether oxygens (including phenoxy) is 1. The fourth-order valence-electron chi connectivity index (χ4n) is 1.99. The maximum atomic E-state index is 8.94. The van der Waals surface area contributed by atoms with Crippen LogP contribution in [-0.4, -0.2) is 25.4 Å². The zero-order valence-corrected chi connectivity index (χ0v) is 11.6. The van der Waals surface area contributed by atoms with Crippen molar-refractivity contribution in [1.82, 2.24) is 5.32 Å². The zero-order chi connectivity index (χ0) is 14.1. The third-order valence-electron chi connectivity index (χ3n) is 3.26. The molecule has 0 aliphatic rings. The van der Waals surface area contributed by atoms with Crippen molar-refractivity contribution in [2.75, 3.05) is 20.3 Å². The molecule has 0 aliphatic carbocycles. The largest absolute Gasteiger partial charge is 0.495 e. The molecular formula is C15H22N2O2. The fourth-order valence-corrected chi connectivity index (χ4v) is 1.99. The average Bonchev–Trinajstić information content (AvgIpc) is 2.46. The van der Waals surface area contributed by atoms with Gasteiger partial charge in [-0.3, -0.25) is 0 Å². The molecule has 1 aromatic carbocycles. The third kappa shape index (κ3) is 4.90. The third-order valence-corrected chi connectivity index (χ3v) is 3.26. The van der Waals surface area contributed by atoms with E-state index in [-0.39, 0.29) is 6.61 Å². The summed E-state index contributed by atoms with van der Waals surface area (Å²) in [6.07, 6.45) is 1.89. The van der Waals surface area contributed by atoms with Crippen LogP contribution in [0.4, 0.5) is 0 Å². The Kier molecular flexibility index (Phi) is 6.94. The molecule has 104 valence electrons. The molecule has 0 aliphatic heterocycles. The van der Waals surface area contributed by atoms with Crippen molar-refractivity contribution in [2.45, 2.75) is 26.3 Å². The van der Waals surface area contributed by atoms with Crippen LogP contribution in [-0.2, 0) is 6.54 Å². The highest BCUT2D eigenvalue weighted by Gasteiger charge is 2.06. The minimum atomic E-state index is 0.241. The van der Waals surface area contributed by atoms with Gasteiger partial charge in [-0.15, -0.1) is 0 Å². The van der Waals surface area contributed by atoms with Crippen LogP contribution in [0.25, 0.3) is 0 Å². The molecule has 0 saturated carbocycles. The Balaban J connectivity index is 2.52. The molecule has 4 heteroatoms. The number of nitrogens with zero attached hydrogens (tertiary/aromatic N) is 1. The predicted molar refractivity (Wildman–Crippen MR) is 74.9 cm³/mol. The molecule has 2 N–H and O–H groups in total. The second kappa shape index (κ2) is 8.52. The van der Waals surface area contributed by atoms with Gasteiger partial charge >= 0.3 is 0 Å². The maximum absolute atomic E-state index is 8.94. The topological polar surface area (TPSA) is 65.3 Å². The Hall–Kier alpha value is -1.57. The molecule has 1 rings (SSSR count). The Labute approximate surface area is 115 Å². The SMILES string of the molecule is CCC(CCO)CNCc1ccc(C#N)c(OC)c1. The van der Waals surface area contributed by atoms with Crippen LogP contribution in [0, 0.1) is 17.2 Å². The van der Waals surface area contributed by atoms with Crippen LogP contribution < -0.4 is 10.1 Å². The number of aliphatic hydroxyl groups is 1. The molecule has 0 amide bonds. The van der Waals surface area contributed by atoms with Gasteiger partial charge in [0.1, 0.15) is 11.8 Å². The molecule has 1 aromatic rings. The lowest BCUT2D eigenvalue weighted by atomic mass is 10.0. The van der Waals surface area contributed by atoms with Crippen LogP contribution in [0.15, 0.2) is 18.2 Å². The summed E-state index contributed by atoms with van der Waals surface area (Å²) in [5.41, 5.74) is 1.65. The minimum Gasteiger partial charge on any atom is -0.495 e. The van der Waals surface area contributed by atoms with E-state index in [9.17, 15) is 0 Å². The van der Waals surface area contributed by atoms with E-state index in [0.717, 1.165) is 31.5 Å². The Morgan fingerprint density at radius 1 is 1.47 bits per heavy atom. The normalized spacial score (nSPS) is 11.9. The number of rotatable bonds is 8. The fraction of sp³-hybridized carbons (Fsp3) is 0.533. The van der Waals surface area contributed by atoms with Crippen LogP contribution in [0.1, 0.15) is 30.9 Å². The summed E-state index contributed by atoms with van der Waals surface area (Å²) in [6, 6.07) is 7.70. The van der Waals surface area contributed by atoms with E-state index in [1.165, 1.54) is 0 Å². The summed E-state index contributed by atoms with van der Waals surface area (Å²) >= 11 is 0. The van der Waals surface area contributed by atoms with E-state index in [1.807, 2.05) is 12.1 Å². The second-order valence-electron chi connectivity index (χ2n) is 4.56. The van der Waals surface area contributed by atoms with Crippen molar-refractivity contribution in [2.24, 2.45) is 5.92 Å². The summed E-state index contributed by atoms with van der Waals surface area (Å²) in [5.74, 6) is 1.12. The van der Waals surface area contributed by atoms with Crippen molar-refractivity contribution < 1.29 is 9.84 Å². The minimum absolute atomic E-state index is 0.241. The van der Waals surface area contributed by atoms with E-state index in [4.69, 9.17) is 15.1 Å². The lowest BCUT2D eigenvalue weighted by Crippen LogP contribution is -2.22. The number of aliphatic hydroxyl groups excluding tert-OH is 1.